The van der Waals surface area contributed by atoms with Gasteiger partial charge < -0.3 is 5.11 Å². The number of aliphatic hydroxyl groups is 1. The third kappa shape index (κ3) is 2.83. The van der Waals surface area contributed by atoms with E-state index in [4.69, 9.17) is 11.6 Å². The van der Waals surface area contributed by atoms with Crippen LogP contribution in [0.3, 0.4) is 0 Å². The van der Waals surface area contributed by atoms with Gasteiger partial charge in [-0.15, -0.1) is 11.3 Å². The van der Waals surface area contributed by atoms with E-state index in [2.05, 4.69) is 13.0 Å². The summed E-state index contributed by atoms with van der Waals surface area (Å²) in [5.41, 5.74) is 3.49. The fourth-order valence-electron chi connectivity index (χ4n) is 2.87. The fraction of sp³-hybridized carbons (Fsp3) is 0.278. The molecular weight excluding hydrogens is 316 g/mol. The Balaban J connectivity index is 2.15. The first-order chi connectivity index (χ1) is 10.6. The minimum atomic E-state index is 0.0415. The molecule has 2 nitrogen and oxygen atoms in total. The van der Waals surface area contributed by atoms with E-state index in [1.54, 1.807) is 0 Å². The van der Waals surface area contributed by atoms with E-state index in [1.807, 2.05) is 24.3 Å². The van der Waals surface area contributed by atoms with Gasteiger partial charge in [-0.2, -0.15) is 0 Å². The van der Waals surface area contributed by atoms with E-state index < -0.39 is 0 Å². The lowest BCUT2D eigenvalue weighted by Gasteiger charge is -2.18. The molecule has 1 aliphatic rings. The summed E-state index contributed by atoms with van der Waals surface area (Å²) in [5, 5.41) is 10.2. The minimum Gasteiger partial charge on any atom is -0.512 e. The summed E-state index contributed by atoms with van der Waals surface area (Å²) in [6, 6.07) is 9.96. The predicted octanol–water partition coefficient (Wildman–Crippen LogP) is 5.65. The Kier molecular flexibility index (Phi) is 4.37. The smallest absolute Gasteiger partial charge is 0.166 e. The Hall–Kier alpha value is -1.58. The molecule has 1 aromatic heterocycles. The van der Waals surface area contributed by atoms with Gasteiger partial charge in [0.05, 0.1) is 9.91 Å². The third-order valence-electron chi connectivity index (χ3n) is 4.00. The van der Waals surface area contributed by atoms with E-state index in [0.717, 1.165) is 38.7 Å². The van der Waals surface area contributed by atoms with Crippen LogP contribution in [0, 0.1) is 0 Å². The second-order valence-corrected chi connectivity index (χ2v) is 7.14. The van der Waals surface area contributed by atoms with Gasteiger partial charge in [0.15, 0.2) is 5.78 Å². The van der Waals surface area contributed by atoms with Gasteiger partial charge in [0, 0.05) is 17.7 Å². The number of benzene rings is 1. The summed E-state index contributed by atoms with van der Waals surface area (Å²) in [6.45, 7) is 2.06. The summed E-state index contributed by atoms with van der Waals surface area (Å²) in [5.74, 6) is 0.270. The van der Waals surface area contributed by atoms with Crippen LogP contribution in [0.5, 0.6) is 0 Å². The van der Waals surface area contributed by atoms with Gasteiger partial charge in [-0.1, -0.05) is 30.7 Å². The lowest BCUT2D eigenvalue weighted by molar-refractivity contribution is -0.114. The highest BCUT2D eigenvalue weighted by Gasteiger charge is 2.24. The number of hydrogen-bond donors (Lipinski definition) is 1. The lowest BCUT2D eigenvalue weighted by Crippen LogP contribution is -2.12. The number of ketones is 1. The molecule has 1 N–H and O–H groups in total. The summed E-state index contributed by atoms with van der Waals surface area (Å²) < 4.78 is 0.743. The molecule has 3 rings (SSSR count). The Labute approximate surface area is 139 Å². The Bertz CT molecular complexity index is 758. The van der Waals surface area contributed by atoms with Crippen LogP contribution in [-0.4, -0.2) is 10.9 Å². The van der Waals surface area contributed by atoms with Crippen molar-refractivity contribution in [3.63, 3.8) is 0 Å². The molecular formula is C18H17ClO2S. The number of halogens is 1. The van der Waals surface area contributed by atoms with Gasteiger partial charge in [-0.05, 0) is 47.7 Å². The highest BCUT2D eigenvalue weighted by molar-refractivity contribution is 7.19. The molecule has 0 saturated heterocycles. The van der Waals surface area contributed by atoms with Crippen molar-refractivity contribution < 1.29 is 9.90 Å². The van der Waals surface area contributed by atoms with Crippen molar-refractivity contribution in [2.75, 3.05) is 0 Å². The van der Waals surface area contributed by atoms with Crippen molar-refractivity contribution in [1.29, 1.82) is 0 Å². The van der Waals surface area contributed by atoms with E-state index in [-0.39, 0.29) is 11.5 Å². The Morgan fingerprint density at radius 1 is 1.23 bits per heavy atom. The number of rotatable bonds is 3. The topological polar surface area (TPSA) is 37.3 Å². The third-order valence-corrected chi connectivity index (χ3v) is 5.28. The molecule has 1 heterocycles. The standard InChI is InChI=1S/C18H17ClO2S/c1-2-11-6-7-12(16-8-9-17(19)22-16)10-13(11)18-14(20)4-3-5-15(18)21/h6-10,20H,2-5H2,1H3. The second kappa shape index (κ2) is 6.27. The molecule has 0 unspecified atom stereocenters. The van der Waals surface area contributed by atoms with E-state index in [0.29, 0.717) is 18.4 Å². The Morgan fingerprint density at radius 3 is 2.68 bits per heavy atom. The van der Waals surface area contributed by atoms with Gasteiger partial charge in [-0.25, -0.2) is 0 Å². The minimum absolute atomic E-state index is 0.0415. The molecule has 4 heteroatoms. The highest BCUT2D eigenvalue weighted by Crippen LogP contribution is 2.36. The SMILES string of the molecule is CCc1ccc(-c2ccc(Cl)s2)cc1C1=C(O)CCCC1=O. The van der Waals surface area contributed by atoms with Gasteiger partial charge in [-0.3, -0.25) is 4.79 Å². The van der Waals surface area contributed by atoms with Crippen LogP contribution in [0.1, 0.15) is 37.3 Å². The maximum Gasteiger partial charge on any atom is 0.166 e. The number of thiophene rings is 1. The van der Waals surface area contributed by atoms with Crippen molar-refractivity contribution >= 4 is 34.3 Å². The van der Waals surface area contributed by atoms with Crippen LogP contribution in [-0.2, 0) is 11.2 Å². The number of hydrogen-bond acceptors (Lipinski definition) is 3. The first kappa shape index (κ1) is 15.3. The number of carbonyl (C=O) groups is 1. The average molecular weight is 333 g/mol. The zero-order chi connectivity index (χ0) is 15.7. The largest absolute Gasteiger partial charge is 0.512 e. The fourth-order valence-corrected chi connectivity index (χ4v) is 3.91. The normalized spacial score (nSPS) is 15.5. The molecule has 0 spiro atoms. The molecule has 0 aliphatic heterocycles. The molecule has 22 heavy (non-hydrogen) atoms. The summed E-state index contributed by atoms with van der Waals surface area (Å²) in [4.78, 5) is 13.4. The summed E-state index contributed by atoms with van der Waals surface area (Å²) >= 11 is 7.53. The molecule has 0 amide bonds. The number of aliphatic hydroxyl groups excluding tert-OH is 1. The van der Waals surface area contributed by atoms with Crippen molar-refractivity contribution in [2.24, 2.45) is 0 Å². The maximum atomic E-state index is 12.3. The van der Waals surface area contributed by atoms with Gasteiger partial charge in [0.25, 0.3) is 0 Å². The van der Waals surface area contributed by atoms with Crippen LogP contribution in [0.2, 0.25) is 4.34 Å². The number of aryl methyl sites for hydroxylation is 1. The highest BCUT2D eigenvalue weighted by atomic mass is 35.5. The molecule has 0 radical (unpaired) electrons. The zero-order valence-electron chi connectivity index (χ0n) is 12.4. The van der Waals surface area contributed by atoms with E-state index in [1.165, 1.54) is 11.3 Å². The van der Waals surface area contributed by atoms with Crippen LogP contribution in [0.25, 0.3) is 16.0 Å². The predicted molar refractivity (Wildman–Crippen MR) is 92.5 cm³/mol. The van der Waals surface area contributed by atoms with Gasteiger partial charge in [0.1, 0.15) is 5.76 Å². The summed E-state index contributed by atoms with van der Waals surface area (Å²) in [7, 11) is 0. The zero-order valence-corrected chi connectivity index (χ0v) is 13.9. The molecule has 1 aromatic carbocycles. The maximum absolute atomic E-state index is 12.3. The van der Waals surface area contributed by atoms with Crippen LogP contribution in [0.4, 0.5) is 0 Å². The van der Waals surface area contributed by atoms with Crippen molar-refractivity contribution in [2.45, 2.75) is 32.6 Å². The number of Topliss-reactive ketones (excluding diaryl/α,β-unsaturated/α-hetero) is 1. The second-order valence-electron chi connectivity index (χ2n) is 5.43. The van der Waals surface area contributed by atoms with Gasteiger partial charge >= 0.3 is 0 Å². The van der Waals surface area contributed by atoms with Crippen LogP contribution >= 0.6 is 22.9 Å². The molecule has 0 saturated carbocycles. The van der Waals surface area contributed by atoms with Crippen molar-refractivity contribution in [3.8, 4) is 10.4 Å². The average Bonchev–Trinajstić information content (AvgIpc) is 2.93. The van der Waals surface area contributed by atoms with Crippen molar-refractivity contribution in [3.05, 3.63) is 51.6 Å². The summed E-state index contributed by atoms with van der Waals surface area (Å²) in [6.07, 6.45) is 2.65. The van der Waals surface area contributed by atoms with Gasteiger partial charge in [0.2, 0.25) is 0 Å². The van der Waals surface area contributed by atoms with Crippen molar-refractivity contribution in [1.82, 2.24) is 0 Å². The molecule has 0 bridgehead atoms. The molecule has 114 valence electrons. The lowest BCUT2D eigenvalue weighted by atomic mass is 9.87. The molecule has 0 fully saturated rings. The molecule has 1 aliphatic carbocycles. The first-order valence-electron chi connectivity index (χ1n) is 7.44. The van der Waals surface area contributed by atoms with Crippen LogP contribution < -0.4 is 0 Å². The van der Waals surface area contributed by atoms with E-state index >= 15 is 0 Å². The van der Waals surface area contributed by atoms with Crippen LogP contribution in [0.15, 0.2) is 36.1 Å². The molecule has 2 aromatic rings. The number of allylic oxidation sites excluding steroid dienone is 2. The first-order valence-corrected chi connectivity index (χ1v) is 8.64. The quantitative estimate of drug-likeness (QED) is 0.788. The van der Waals surface area contributed by atoms with E-state index in [9.17, 15) is 9.90 Å². The molecule has 0 atom stereocenters. The Morgan fingerprint density at radius 2 is 2.05 bits per heavy atom. The monoisotopic (exact) mass is 332 g/mol. The number of carbonyl (C=O) groups excluding carboxylic acids is 1.